The Morgan fingerprint density at radius 1 is 0.881 bits per heavy atom. The average molecular weight is 593 g/mol. The third kappa shape index (κ3) is 10.5. The van der Waals surface area contributed by atoms with Gasteiger partial charge in [-0.1, -0.05) is 66.2 Å². The first-order chi connectivity index (χ1) is 19.8. The SMILES string of the molecule is CC(C)Oc1ccc(C(=O)C[C@H](CNC(=O)[C@@H](C)NC(=O)OC(C)(C)C)Cc2ccc(-c3ccccc3)cc2)cc1Cl. The van der Waals surface area contributed by atoms with Crippen molar-refractivity contribution in [1.82, 2.24) is 10.6 Å². The molecule has 0 aliphatic carbocycles. The van der Waals surface area contributed by atoms with Crippen molar-refractivity contribution in [2.45, 2.75) is 72.1 Å². The lowest BCUT2D eigenvalue weighted by Gasteiger charge is -2.22. The molecule has 224 valence electrons. The Morgan fingerprint density at radius 3 is 2.12 bits per heavy atom. The van der Waals surface area contributed by atoms with Crippen molar-refractivity contribution < 1.29 is 23.9 Å². The van der Waals surface area contributed by atoms with Gasteiger partial charge in [-0.05, 0) is 88.8 Å². The Labute approximate surface area is 253 Å². The fourth-order valence-electron chi connectivity index (χ4n) is 4.37. The van der Waals surface area contributed by atoms with E-state index in [0.717, 1.165) is 16.7 Å². The monoisotopic (exact) mass is 592 g/mol. The highest BCUT2D eigenvalue weighted by Gasteiger charge is 2.23. The molecule has 0 heterocycles. The van der Waals surface area contributed by atoms with Crippen LogP contribution >= 0.6 is 11.6 Å². The predicted octanol–water partition coefficient (Wildman–Crippen LogP) is 7.26. The standard InChI is InChI=1S/C34H41ClN2O5/c1-22(2)41-31-17-16-28(20-29(31)35)30(38)19-25(21-36-32(39)23(3)37-33(40)42-34(4,5)6)18-24-12-14-27(15-13-24)26-10-8-7-9-11-26/h7-17,20,22-23,25H,18-19,21H2,1-6H3,(H,36,39)(H,37,40)/t23-,25-/m1/s1. The van der Waals surface area contributed by atoms with Crippen molar-refractivity contribution in [3.8, 4) is 16.9 Å². The van der Waals surface area contributed by atoms with Crippen molar-refractivity contribution in [1.29, 1.82) is 0 Å². The van der Waals surface area contributed by atoms with Gasteiger partial charge in [0, 0.05) is 18.5 Å². The molecule has 0 unspecified atom stereocenters. The highest BCUT2D eigenvalue weighted by Crippen LogP contribution is 2.28. The fourth-order valence-corrected chi connectivity index (χ4v) is 4.59. The first-order valence-electron chi connectivity index (χ1n) is 14.2. The summed E-state index contributed by atoms with van der Waals surface area (Å²) < 4.78 is 10.9. The molecule has 0 saturated heterocycles. The van der Waals surface area contributed by atoms with Gasteiger partial charge in [-0.3, -0.25) is 9.59 Å². The molecule has 3 rings (SSSR count). The van der Waals surface area contributed by atoms with Crippen LogP contribution in [0.25, 0.3) is 11.1 Å². The Morgan fingerprint density at radius 2 is 1.52 bits per heavy atom. The van der Waals surface area contributed by atoms with Crippen LogP contribution in [0.1, 0.15) is 63.9 Å². The highest BCUT2D eigenvalue weighted by atomic mass is 35.5. The third-order valence-corrected chi connectivity index (χ3v) is 6.66. The number of halogens is 1. The van der Waals surface area contributed by atoms with Crippen LogP contribution in [0.5, 0.6) is 5.75 Å². The van der Waals surface area contributed by atoms with Crippen LogP contribution in [0.3, 0.4) is 0 Å². The van der Waals surface area contributed by atoms with E-state index in [2.05, 4.69) is 34.9 Å². The van der Waals surface area contributed by atoms with Crippen LogP contribution in [0.4, 0.5) is 4.79 Å². The molecule has 0 saturated carbocycles. The number of nitrogens with one attached hydrogen (secondary N) is 2. The Kier molecular flexibility index (Phi) is 11.6. The first-order valence-corrected chi connectivity index (χ1v) is 14.6. The normalized spacial score (nSPS) is 12.8. The molecule has 0 spiro atoms. The molecule has 0 aliphatic rings. The minimum Gasteiger partial charge on any atom is -0.489 e. The van der Waals surface area contributed by atoms with E-state index in [1.165, 1.54) is 0 Å². The van der Waals surface area contributed by atoms with Gasteiger partial charge in [0.1, 0.15) is 17.4 Å². The number of rotatable bonds is 12. The summed E-state index contributed by atoms with van der Waals surface area (Å²) >= 11 is 6.39. The average Bonchev–Trinajstić information content (AvgIpc) is 2.92. The number of carbonyl (C=O) groups excluding carboxylic acids is 3. The molecular weight excluding hydrogens is 552 g/mol. The summed E-state index contributed by atoms with van der Waals surface area (Å²) in [6.07, 6.45) is 0.0432. The van der Waals surface area contributed by atoms with E-state index in [0.29, 0.717) is 22.8 Å². The lowest BCUT2D eigenvalue weighted by molar-refractivity contribution is -0.123. The summed E-state index contributed by atoms with van der Waals surface area (Å²) in [5.74, 6) is -0.135. The summed E-state index contributed by atoms with van der Waals surface area (Å²) in [4.78, 5) is 38.3. The van der Waals surface area contributed by atoms with Crippen molar-refractivity contribution in [3.63, 3.8) is 0 Å². The molecule has 0 aromatic heterocycles. The van der Waals surface area contributed by atoms with Gasteiger partial charge < -0.3 is 20.1 Å². The Bertz CT molecular complexity index is 1350. The molecule has 7 nitrogen and oxygen atoms in total. The molecule has 42 heavy (non-hydrogen) atoms. The second-order valence-corrected chi connectivity index (χ2v) is 12.1. The molecular formula is C34H41ClN2O5. The molecule has 0 fully saturated rings. The summed E-state index contributed by atoms with van der Waals surface area (Å²) in [6.45, 7) is 10.9. The summed E-state index contributed by atoms with van der Waals surface area (Å²) in [7, 11) is 0. The smallest absolute Gasteiger partial charge is 0.408 e. The number of benzene rings is 3. The number of amides is 2. The quantitative estimate of drug-likeness (QED) is 0.216. The molecule has 8 heteroatoms. The Hall–Kier alpha value is -3.84. The molecule has 2 amide bonds. The zero-order valence-corrected chi connectivity index (χ0v) is 26.0. The van der Waals surface area contributed by atoms with Crippen LogP contribution in [0, 0.1) is 5.92 Å². The van der Waals surface area contributed by atoms with Crippen LogP contribution in [-0.2, 0) is 16.0 Å². The molecule has 2 atom stereocenters. The number of hydrogen-bond acceptors (Lipinski definition) is 5. The van der Waals surface area contributed by atoms with Gasteiger partial charge in [0.05, 0.1) is 11.1 Å². The highest BCUT2D eigenvalue weighted by molar-refractivity contribution is 6.32. The minimum atomic E-state index is -0.811. The van der Waals surface area contributed by atoms with Crippen LogP contribution in [0.2, 0.25) is 5.02 Å². The molecule has 0 radical (unpaired) electrons. The van der Waals surface area contributed by atoms with E-state index >= 15 is 0 Å². The van der Waals surface area contributed by atoms with Gasteiger partial charge in [0.2, 0.25) is 5.91 Å². The maximum Gasteiger partial charge on any atom is 0.408 e. The minimum absolute atomic E-state index is 0.0440. The molecule has 3 aromatic rings. The number of ether oxygens (including phenoxy) is 2. The third-order valence-electron chi connectivity index (χ3n) is 6.37. The van der Waals surface area contributed by atoms with Gasteiger partial charge in [-0.15, -0.1) is 0 Å². The summed E-state index contributed by atoms with van der Waals surface area (Å²) in [5.41, 5.74) is 3.06. The number of carbonyl (C=O) groups is 3. The molecule has 3 aromatic carbocycles. The first kappa shape index (κ1) is 32.7. The molecule has 2 N–H and O–H groups in total. The topological polar surface area (TPSA) is 93.7 Å². The van der Waals surface area contributed by atoms with E-state index in [-0.39, 0.29) is 36.7 Å². The van der Waals surface area contributed by atoms with Crippen molar-refractivity contribution in [3.05, 3.63) is 88.9 Å². The van der Waals surface area contributed by atoms with Gasteiger partial charge in [0.25, 0.3) is 0 Å². The number of ketones is 1. The van der Waals surface area contributed by atoms with E-state index in [1.807, 2.05) is 44.2 Å². The van der Waals surface area contributed by atoms with E-state index in [4.69, 9.17) is 21.1 Å². The molecule has 0 bridgehead atoms. The fraction of sp³-hybridized carbons (Fsp3) is 0.382. The lowest BCUT2D eigenvalue weighted by Crippen LogP contribution is -2.47. The van der Waals surface area contributed by atoms with Gasteiger partial charge in [-0.25, -0.2) is 4.79 Å². The number of alkyl carbamates (subject to hydrolysis) is 1. The lowest BCUT2D eigenvalue weighted by atomic mass is 9.91. The van der Waals surface area contributed by atoms with Crippen LogP contribution < -0.4 is 15.4 Å². The van der Waals surface area contributed by atoms with Gasteiger partial charge >= 0.3 is 6.09 Å². The van der Waals surface area contributed by atoms with Crippen molar-refractivity contribution in [2.24, 2.45) is 5.92 Å². The maximum atomic E-state index is 13.3. The second kappa shape index (κ2) is 14.9. The largest absolute Gasteiger partial charge is 0.489 e. The van der Waals surface area contributed by atoms with Gasteiger partial charge in [-0.2, -0.15) is 0 Å². The summed E-state index contributed by atoms with van der Waals surface area (Å²) in [6, 6.07) is 22.5. The van der Waals surface area contributed by atoms with Gasteiger partial charge in [0.15, 0.2) is 5.78 Å². The maximum absolute atomic E-state index is 13.3. The number of Topliss-reactive ketones (excluding diaryl/α,β-unsaturated/α-hetero) is 1. The van der Waals surface area contributed by atoms with E-state index < -0.39 is 17.7 Å². The van der Waals surface area contributed by atoms with E-state index in [9.17, 15) is 14.4 Å². The van der Waals surface area contributed by atoms with Crippen molar-refractivity contribution in [2.75, 3.05) is 6.54 Å². The zero-order chi connectivity index (χ0) is 30.9. The van der Waals surface area contributed by atoms with Crippen LogP contribution in [0.15, 0.2) is 72.8 Å². The zero-order valence-electron chi connectivity index (χ0n) is 25.2. The molecule has 0 aliphatic heterocycles. The van der Waals surface area contributed by atoms with Crippen molar-refractivity contribution >= 4 is 29.4 Å². The van der Waals surface area contributed by atoms with E-state index in [1.54, 1.807) is 45.9 Å². The Balaban J connectivity index is 1.72. The summed E-state index contributed by atoms with van der Waals surface area (Å²) in [5, 5.41) is 5.83. The second-order valence-electron chi connectivity index (χ2n) is 11.7. The van der Waals surface area contributed by atoms with Crippen LogP contribution in [-0.4, -0.2) is 42.1 Å². The predicted molar refractivity (Wildman–Crippen MR) is 167 cm³/mol. The number of hydrogen-bond donors (Lipinski definition) is 2.